The SMILES string of the molecule is CCNCCCS(=O)(=O)NC(C)C1CCC1. The largest absolute Gasteiger partial charge is 0.317 e. The maximum Gasteiger partial charge on any atom is 0.211 e. The van der Waals surface area contributed by atoms with Crippen molar-refractivity contribution >= 4 is 10.0 Å². The van der Waals surface area contributed by atoms with Crippen LogP contribution >= 0.6 is 0 Å². The molecule has 0 aromatic rings. The summed E-state index contributed by atoms with van der Waals surface area (Å²) in [5.74, 6) is 0.792. The van der Waals surface area contributed by atoms with E-state index < -0.39 is 10.0 Å². The van der Waals surface area contributed by atoms with Crippen molar-refractivity contribution < 1.29 is 8.42 Å². The molecule has 0 spiro atoms. The van der Waals surface area contributed by atoms with E-state index in [1.54, 1.807) is 0 Å². The minimum atomic E-state index is -3.07. The standard InChI is InChI=1S/C11H24N2O2S/c1-3-12-8-5-9-16(14,15)13-10(2)11-6-4-7-11/h10-13H,3-9H2,1-2H3. The fraction of sp³-hybridized carbons (Fsp3) is 1.00. The second kappa shape index (κ2) is 6.57. The predicted octanol–water partition coefficient (Wildman–Crippen LogP) is 1.09. The van der Waals surface area contributed by atoms with Crippen molar-refractivity contribution in [3.8, 4) is 0 Å². The van der Waals surface area contributed by atoms with Crippen LogP contribution in [0.3, 0.4) is 0 Å². The molecule has 1 saturated carbocycles. The molecule has 1 unspecified atom stereocenters. The van der Waals surface area contributed by atoms with E-state index in [1.807, 2.05) is 13.8 Å². The Morgan fingerprint density at radius 2 is 2.06 bits per heavy atom. The van der Waals surface area contributed by atoms with Gasteiger partial charge in [0.2, 0.25) is 10.0 Å². The van der Waals surface area contributed by atoms with Gasteiger partial charge < -0.3 is 5.32 Å². The number of hydrogen-bond donors (Lipinski definition) is 2. The smallest absolute Gasteiger partial charge is 0.211 e. The van der Waals surface area contributed by atoms with Gasteiger partial charge in [-0.15, -0.1) is 0 Å². The topological polar surface area (TPSA) is 58.2 Å². The van der Waals surface area contributed by atoms with Gasteiger partial charge in [0.15, 0.2) is 0 Å². The molecule has 5 heteroatoms. The molecule has 0 aliphatic heterocycles. The fourth-order valence-electron chi connectivity index (χ4n) is 1.94. The van der Waals surface area contributed by atoms with Gasteiger partial charge in [0.25, 0.3) is 0 Å². The van der Waals surface area contributed by atoms with Gasteiger partial charge >= 0.3 is 0 Å². The molecule has 0 bridgehead atoms. The molecule has 0 aromatic carbocycles. The molecule has 0 amide bonds. The number of rotatable bonds is 8. The molecule has 0 heterocycles. The first-order chi connectivity index (χ1) is 7.55. The molecule has 1 atom stereocenters. The van der Waals surface area contributed by atoms with Crippen molar-refractivity contribution in [1.82, 2.24) is 10.0 Å². The molecule has 1 rings (SSSR count). The normalized spacial score (nSPS) is 19.4. The molecule has 16 heavy (non-hydrogen) atoms. The van der Waals surface area contributed by atoms with E-state index in [2.05, 4.69) is 10.0 Å². The highest BCUT2D eigenvalue weighted by Gasteiger charge is 2.26. The fourth-order valence-corrected chi connectivity index (χ4v) is 3.34. The lowest BCUT2D eigenvalue weighted by molar-refractivity contribution is 0.260. The molecule has 0 radical (unpaired) electrons. The van der Waals surface area contributed by atoms with Crippen LogP contribution in [0.25, 0.3) is 0 Å². The second-order valence-electron chi connectivity index (χ2n) is 4.62. The van der Waals surface area contributed by atoms with Gasteiger partial charge in [0.05, 0.1) is 5.75 Å². The summed E-state index contributed by atoms with van der Waals surface area (Å²) >= 11 is 0. The highest BCUT2D eigenvalue weighted by molar-refractivity contribution is 7.89. The molecule has 1 aliphatic rings. The van der Waals surface area contributed by atoms with Crippen molar-refractivity contribution in [2.24, 2.45) is 5.92 Å². The summed E-state index contributed by atoms with van der Waals surface area (Å²) in [5, 5.41) is 3.13. The third-order valence-corrected chi connectivity index (χ3v) is 4.80. The maximum atomic E-state index is 11.7. The molecular formula is C11H24N2O2S. The van der Waals surface area contributed by atoms with Gasteiger partial charge in [-0.25, -0.2) is 13.1 Å². The summed E-state index contributed by atoms with van der Waals surface area (Å²) in [4.78, 5) is 0. The maximum absolute atomic E-state index is 11.7. The van der Waals surface area contributed by atoms with Crippen LogP contribution in [0.2, 0.25) is 0 Å². The Morgan fingerprint density at radius 3 is 2.56 bits per heavy atom. The Bertz CT molecular complexity index is 286. The summed E-state index contributed by atoms with van der Waals surface area (Å²) in [5.41, 5.74) is 0. The zero-order chi connectivity index (χ0) is 12.0. The first-order valence-corrected chi connectivity index (χ1v) is 7.91. The van der Waals surface area contributed by atoms with Gasteiger partial charge in [-0.05, 0) is 45.2 Å². The van der Waals surface area contributed by atoms with Crippen LogP contribution in [-0.4, -0.2) is 33.3 Å². The average Bonchev–Trinajstić information content (AvgIpc) is 2.08. The minimum Gasteiger partial charge on any atom is -0.317 e. The number of nitrogens with one attached hydrogen (secondary N) is 2. The van der Waals surface area contributed by atoms with E-state index in [4.69, 9.17) is 0 Å². The van der Waals surface area contributed by atoms with Gasteiger partial charge in [-0.3, -0.25) is 0 Å². The van der Waals surface area contributed by atoms with E-state index >= 15 is 0 Å². The van der Waals surface area contributed by atoms with Crippen LogP contribution in [0, 0.1) is 5.92 Å². The highest BCUT2D eigenvalue weighted by Crippen LogP contribution is 2.29. The van der Waals surface area contributed by atoms with Crippen molar-refractivity contribution in [3.63, 3.8) is 0 Å². The van der Waals surface area contributed by atoms with Crippen molar-refractivity contribution in [2.75, 3.05) is 18.8 Å². The van der Waals surface area contributed by atoms with Gasteiger partial charge in [0.1, 0.15) is 0 Å². The lowest BCUT2D eigenvalue weighted by Gasteiger charge is -2.31. The van der Waals surface area contributed by atoms with Gasteiger partial charge in [-0.2, -0.15) is 0 Å². The molecule has 1 fully saturated rings. The summed E-state index contributed by atoms with van der Waals surface area (Å²) in [6.45, 7) is 5.66. The van der Waals surface area contributed by atoms with Crippen LogP contribution in [0.5, 0.6) is 0 Å². The molecule has 0 aromatic heterocycles. The Morgan fingerprint density at radius 1 is 1.38 bits per heavy atom. The van der Waals surface area contributed by atoms with Crippen molar-refractivity contribution in [3.05, 3.63) is 0 Å². The van der Waals surface area contributed by atoms with E-state index in [0.29, 0.717) is 12.3 Å². The lowest BCUT2D eigenvalue weighted by Crippen LogP contribution is -2.41. The number of sulfonamides is 1. The lowest BCUT2D eigenvalue weighted by atomic mass is 9.81. The molecule has 2 N–H and O–H groups in total. The predicted molar refractivity (Wildman–Crippen MR) is 66.9 cm³/mol. The third-order valence-electron chi connectivity index (χ3n) is 3.24. The first-order valence-electron chi connectivity index (χ1n) is 6.26. The summed E-state index contributed by atoms with van der Waals surface area (Å²) < 4.78 is 26.2. The van der Waals surface area contributed by atoms with Crippen molar-refractivity contribution in [1.29, 1.82) is 0 Å². The Labute approximate surface area is 99.2 Å². The van der Waals surface area contributed by atoms with E-state index in [9.17, 15) is 8.42 Å². The minimum absolute atomic E-state index is 0.109. The summed E-state index contributed by atoms with van der Waals surface area (Å²) in [7, 11) is -3.07. The average molecular weight is 248 g/mol. The summed E-state index contributed by atoms with van der Waals surface area (Å²) in [6.07, 6.45) is 4.26. The Balaban J connectivity index is 2.21. The van der Waals surface area contributed by atoms with E-state index in [-0.39, 0.29) is 11.8 Å². The Hall–Kier alpha value is -0.130. The summed E-state index contributed by atoms with van der Waals surface area (Å²) in [6, 6.07) is 0.109. The van der Waals surface area contributed by atoms with Crippen LogP contribution in [0.15, 0.2) is 0 Å². The van der Waals surface area contributed by atoms with Gasteiger partial charge in [-0.1, -0.05) is 13.3 Å². The Kier molecular flexibility index (Phi) is 5.72. The monoisotopic (exact) mass is 248 g/mol. The molecular weight excluding hydrogens is 224 g/mol. The van der Waals surface area contributed by atoms with Crippen LogP contribution in [0.1, 0.15) is 39.5 Å². The van der Waals surface area contributed by atoms with E-state index in [1.165, 1.54) is 19.3 Å². The van der Waals surface area contributed by atoms with E-state index in [0.717, 1.165) is 13.1 Å². The first kappa shape index (κ1) is 13.9. The molecule has 1 aliphatic carbocycles. The molecule has 0 saturated heterocycles. The van der Waals surface area contributed by atoms with Crippen LogP contribution < -0.4 is 10.0 Å². The third kappa shape index (κ3) is 4.80. The second-order valence-corrected chi connectivity index (χ2v) is 6.50. The van der Waals surface area contributed by atoms with Crippen molar-refractivity contribution in [2.45, 2.75) is 45.6 Å². The zero-order valence-corrected chi connectivity index (χ0v) is 11.1. The van der Waals surface area contributed by atoms with Crippen LogP contribution in [0.4, 0.5) is 0 Å². The highest BCUT2D eigenvalue weighted by atomic mass is 32.2. The van der Waals surface area contributed by atoms with Gasteiger partial charge in [0, 0.05) is 6.04 Å². The number of hydrogen-bond acceptors (Lipinski definition) is 3. The zero-order valence-electron chi connectivity index (χ0n) is 10.3. The molecule has 96 valence electrons. The van der Waals surface area contributed by atoms with Crippen LogP contribution in [-0.2, 0) is 10.0 Å². The molecule has 4 nitrogen and oxygen atoms in total. The quantitative estimate of drug-likeness (QED) is 0.632.